The van der Waals surface area contributed by atoms with Crippen LogP contribution in [0.25, 0.3) is 0 Å². The van der Waals surface area contributed by atoms with Gasteiger partial charge in [0, 0.05) is 12.8 Å². The first-order valence-corrected chi connectivity index (χ1v) is 19.6. The number of hydrogen-bond acceptors (Lipinski definition) is 4. The molecule has 0 saturated carbocycles. The zero-order valence-corrected chi connectivity index (χ0v) is 29.6. The van der Waals surface area contributed by atoms with Crippen LogP contribution in [0.2, 0.25) is 0 Å². The first kappa shape index (κ1) is 56.1. The summed E-state index contributed by atoms with van der Waals surface area (Å²) in [7, 11) is -4.67. The number of rotatable bonds is 31. The summed E-state index contributed by atoms with van der Waals surface area (Å²) in [5.74, 6) is -0.664. The standard InChI is InChI=1S/C18H34O2.C18H36O.2Na.H2O4S.2H/c1-2-3-4-5-6-7-8-9-10-11-12-13-14-15-16-17-18(19)20;1-2-3-4-5-6-7-8-9-10-11-12-13-14-15-16-17-18-19;;;1-5(2,3)4;;/h9-10H,2-8,11-17H2,1H3,(H,19,20);18H,2-17H2,1H3;;;(H2,1,2,3,4);;/b10-9-;;;;;;. The Hall–Kier alpha value is 0.750. The molecule has 0 unspecified atom stereocenters. The number of carbonyl (C=O) groups excluding carboxylic acids is 1. The first-order valence-electron chi connectivity index (χ1n) is 18.2. The van der Waals surface area contributed by atoms with E-state index in [1.54, 1.807) is 0 Å². The molecule has 46 heavy (non-hydrogen) atoms. The van der Waals surface area contributed by atoms with Gasteiger partial charge in [0.2, 0.25) is 0 Å². The molecule has 10 heteroatoms. The molecular weight excluding hydrogens is 622 g/mol. The van der Waals surface area contributed by atoms with Crippen molar-refractivity contribution < 1.29 is 32.2 Å². The van der Waals surface area contributed by atoms with Crippen LogP contribution in [-0.2, 0) is 20.0 Å². The molecule has 0 aliphatic carbocycles. The Morgan fingerprint density at radius 3 is 0.978 bits per heavy atom. The second kappa shape index (κ2) is 50.1. The second-order valence-electron chi connectivity index (χ2n) is 12.1. The van der Waals surface area contributed by atoms with Gasteiger partial charge in [0.1, 0.15) is 6.29 Å². The van der Waals surface area contributed by atoms with Crippen molar-refractivity contribution in [3.8, 4) is 0 Å². The van der Waals surface area contributed by atoms with Crippen LogP contribution in [0.4, 0.5) is 0 Å². The molecule has 0 rings (SSSR count). The van der Waals surface area contributed by atoms with E-state index >= 15 is 0 Å². The zero-order chi connectivity index (χ0) is 33.4. The van der Waals surface area contributed by atoms with Gasteiger partial charge < -0.3 is 9.90 Å². The van der Waals surface area contributed by atoms with E-state index in [9.17, 15) is 9.59 Å². The van der Waals surface area contributed by atoms with Gasteiger partial charge >= 0.3 is 75.5 Å². The van der Waals surface area contributed by atoms with Crippen LogP contribution in [0, 0.1) is 0 Å². The van der Waals surface area contributed by atoms with Crippen LogP contribution in [0.5, 0.6) is 0 Å². The first-order chi connectivity index (χ1) is 21.2. The maximum atomic E-state index is 10.3. The number of unbranched alkanes of at least 4 members (excludes halogenated alkanes) is 26. The Morgan fingerprint density at radius 1 is 0.478 bits per heavy atom. The molecule has 0 amide bonds. The molecule has 0 bridgehead atoms. The van der Waals surface area contributed by atoms with E-state index in [2.05, 4.69) is 26.0 Å². The van der Waals surface area contributed by atoms with Crippen LogP contribution in [0.1, 0.15) is 206 Å². The fourth-order valence-corrected chi connectivity index (χ4v) is 4.95. The van der Waals surface area contributed by atoms with Gasteiger partial charge in [-0.25, -0.2) is 0 Å². The molecule has 3 N–H and O–H groups in total. The summed E-state index contributed by atoms with van der Waals surface area (Å²) < 4.78 is 31.6. The third-order valence-electron chi connectivity index (χ3n) is 7.58. The third-order valence-corrected chi connectivity index (χ3v) is 7.58. The van der Waals surface area contributed by atoms with Crippen LogP contribution in [0.15, 0.2) is 12.2 Å². The number of aliphatic carboxylic acids is 1. The molecule has 0 aromatic rings. The summed E-state index contributed by atoms with van der Waals surface area (Å²) >= 11 is 0. The van der Waals surface area contributed by atoms with Crippen molar-refractivity contribution in [2.45, 2.75) is 206 Å². The molecule has 7 nitrogen and oxygen atoms in total. The SMILES string of the molecule is CCCCCCCC/C=C\CCCCCCCC(=O)O.CCCCCCCCCCCCCCCCCC=O.O=S(=O)(O)O.[NaH].[NaH]. The Kier molecular flexibility index (Phi) is 61.2. The number of allylic oxidation sites excluding steroid dienone is 2. The van der Waals surface area contributed by atoms with Gasteiger partial charge in [-0.05, 0) is 38.5 Å². The number of aldehydes is 1. The van der Waals surface area contributed by atoms with Crippen LogP contribution < -0.4 is 0 Å². The summed E-state index contributed by atoms with van der Waals surface area (Å²) in [5.41, 5.74) is 0. The summed E-state index contributed by atoms with van der Waals surface area (Å²) in [6.07, 6.45) is 43.8. The predicted octanol–water partition coefficient (Wildman–Crippen LogP) is 10.6. The molecule has 0 atom stereocenters. The third kappa shape index (κ3) is 75.2. The van der Waals surface area contributed by atoms with Crippen molar-refractivity contribution in [1.82, 2.24) is 0 Å². The Labute approximate surface area is 329 Å². The molecular formula is C36H74Na2O7S. The van der Waals surface area contributed by atoms with Crippen molar-refractivity contribution in [1.29, 1.82) is 0 Å². The van der Waals surface area contributed by atoms with Gasteiger partial charge in [-0.1, -0.05) is 167 Å². The second-order valence-corrected chi connectivity index (χ2v) is 13.0. The fraction of sp³-hybridized carbons (Fsp3) is 0.889. The zero-order valence-electron chi connectivity index (χ0n) is 28.8. The van der Waals surface area contributed by atoms with Crippen molar-refractivity contribution >= 4 is 81.8 Å². The quantitative estimate of drug-likeness (QED) is 0.0216. The summed E-state index contributed by atoms with van der Waals surface area (Å²) in [5, 5.41) is 8.51. The molecule has 0 radical (unpaired) electrons. The average Bonchev–Trinajstić information content (AvgIpc) is 2.96. The van der Waals surface area contributed by atoms with Gasteiger partial charge in [0.25, 0.3) is 0 Å². The van der Waals surface area contributed by atoms with Gasteiger partial charge in [-0.2, -0.15) is 8.42 Å². The molecule has 0 aliphatic heterocycles. The number of carboxylic acids is 1. The average molecular weight is 697 g/mol. The van der Waals surface area contributed by atoms with E-state index in [1.165, 1.54) is 161 Å². The van der Waals surface area contributed by atoms with Crippen molar-refractivity contribution in [3.05, 3.63) is 12.2 Å². The topological polar surface area (TPSA) is 129 Å². The summed E-state index contributed by atoms with van der Waals surface area (Å²) in [6.45, 7) is 4.54. The van der Waals surface area contributed by atoms with Crippen LogP contribution in [-0.4, -0.2) is 94.0 Å². The normalized spacial score (nSPS) is 10.6. The minimum absolute atomic E-state index is 0. The molecule has 0 fully saturated rings. The molecule has 0 saturated heterocycles. The van der Waals surface area contributed by atoms with Gasteiger partial charge in [-0.3, -0.25) is 13.9 Å². The molecule has 0 spiro atoms. The van der Waals surface area contributed by atoms with Crippen molar-refractivity contribution in [2.24, 2.45) is 0 Å². The summed E-state index contributed by atoms with van der Waals surface area (Å²) in [4.78, 5) is 20.5. The molecule has 0 heterocycles. The van der Waals surface area contributed by atoms with E-state index in [0.29, 0.717) is 6.42 Å². The molecule has 268 valence electrons. The van der Waals surface area contributed by atoms with Crippen molar-refractivity contribution in [3.63, 3.8) is 0 Å². The number of hydrogen-bond donors (Lipinski definition) is 3. The Bertz CT molecular complexity index is 696. The van der Waals surface area contributed by atoms with Gasteiger partial charge in [0.05, 0.1) is 0 Å². The number of carbonyl (C=O) groups is 2. The summed E-state index contributed by atoms with van der Waals surface area (Å²) in [6, 6.07) is 0. The van der Waals surface area contributed by atoms with E-state index in [1.807, 2.05) is 0 Å². The predicted molar refractivity (Wildman–Crippen MR) is 201 cm³/mol. The van der Waals surface area contributed by atoms with E-state index < -0.39 is 16.4 Å². The fourth-order valence-electron chi connectivity index (χ4n) is 4.95. The van der Waals surface area contributed by atoms with Gasteiger partial charge in [-0.15, -0.1) is 0 Å². The van der Waals surface area contributed by atoms with E-state index in [-0.39, 0.29) is 59.1 Å². The Balaban J connectivity index is -0.000000204. The van der Waals surface area contributed by atoms with E-state index in [4.69, 9.17) is 22.6 Å². The monoisotopic (exact) mass is 696 g/mol. The number of carboxylic acid groups (broad SMARTS) is 1. The van der Waals surface area contributed by atoms with E-state index in [0.717, 1.165) is 32.0 Å². The van der Waals surface area contributed by atoms with Crippen LogP contribution >= 0.6 is 0 Å². The molecule has 0 aromatic heterocycles. The molecule has 0 aromatic carbocycles. The maximum absolute atomic E-state index is 10.3. The Morgan fingerprint density at radius 2 is 0.717 bits per heavy atom. The van der Waals surface area contributed by atoms with Gasteiger partial charge in [0.15, 0.2) is 0 Å². The van der Waals surface area contributed by atoms with Crippen molar-refractivity contribution in [2.75, 3.05) is 0 Å². The minimum atomic E-state index is -4.67. The molecule has 0 aliphatic rings. The van der Waals surface area contributed by atoms with Crippen LogP contribution in [0.3, 0.4) is 0 Å².